The molecular weight excluding hydrogens is 338 g/mol. The number of nitrogens with zero attached hydrogens (tertiary/aromatic N) is 1. The molecule has 0 saturated carbocycles. The number of carbonyl (C=O) groups is 2. The van der Waals surface area contributed by atoms with E-state index < -0.39 is 11.9 Å². The lowest BCUT2D eigenvalue weighted by Crippen LogP contribution is -2.33. The molecule has 1 amide bonds. The Morgan fingerprint density at radius 1 is 0.815 bits per heavy atom. The van der Waals surface area contributed by atoms with Crippen LogP contribution in [-0.2, 0) is 9.59 Å². The summed E-state index contributed by atoms with van der Waals surface area (Å²) in [7, 11) is 0. The van der Waals surface area contributed by atoms with Crippen molar-refractivity contribution in [3.63, 3.8) is 0 Å². The van der Waals surface area contributed by atoms with E-state index >= 15 is 0 Å². The van der Waals surface area contributed by atoms with Gasteiger partial charge in [0, 0.05) is 19.5 Å². The van der Waals surface area contributed by atoms with Gasteiger partial charge in [0.05, 0.1) is 5.92 Å². The molecule has 0 rings (SSSR count). The van der Waals surface area contributed by atoms with Gasteiger partial charge in [0.15, 0.2) is 0 Å². The smallest absolute Gasteiger partial charge is 0.307 e. The summed E-state index contributed by atoms with van der Waals surface area (Å²) in [4.78, 5) is 25.2. The van der Waals surface area contributed by atoms with Crippen LogP contribution >= 0.6 is 0 Å². The first-order valence-electron chi connectivity index (χ1n) is 11.2. The monoisotopic (exact) mass is 381 g/mol. The summed E-state index contributed by atoms with van der Waals surface area (Å²) in [6.45, 7) is 7.37. The summed E-state index contributed by atoms with van der Waals surface area (Å²) in [6.07, 6.45) is 18.6. The number of carbonyl (C=O) groups excluding carboxylic acids is 1. The van der Waals surface area contributed by atoms with Crippen LogP contribution in [0.25, 0.3) is 0 Å². The molecular formula is C23H43NO3. The van der Waals surface area contributed by atoms with Crippen LogP contribution in [0.15, 0.2) is 12.2 Å². The predicted octanol–water partition coefficient (Wildman–Crippen LogP) is 6.20. The van der Waals surface area contributed by atoms with Crippen LogP contribution < -0.4 is 0 Å². The molecule has 0 aliphatic heterocycles. The first-order valence-corrected chi connectivity index (χ1v) is 11.2. The third-order valence-corrected chi connectivity index (χ3v) is 5.18. The van der Waals surface area contributed by atoms with E-state index in [1.807, 2.05) is 13.8 Å². The zero-order valence-electron chi connectivity index (χ0n) is 18.0. The van der Waals surface area contributed by atoms with Crippen LogP contribution in [0.4, 0.5) is 0 Å². The Kier molecular flexibility index (Phi) is 17.2. The molecule has 0 fully saturated rings. The van der Waals surface area contributed by atoms with Crippen molar-refractivity contribution in [2.45, 2.75) is 104 Å². The zero-order valence-corrected chi connectivity index (χ0v) is 18.0. The molecule has 158 valence electrons. The van der Waals surface area contributed by atoms with Crippen molar-refractivity contribution in [2.75, 3.05) is 13.1 Å². The Hall–Kier alpha value is -1.32. The lowest BCUT2D eigenvalue weighted by atomic mass is 9.96. The normalized spacial score (nSPS) is 12.4. The van der Waals surface area contributed by atoms with Crippen molar-refractivity contribution in [1.29, 1.82) is 0 Å². The SMILES string of the molecule is CCC/C=C/CCCCCCCCCCC(CC(=O)N(CC)CC)C(=O)O. The molecule has 0 aromatic heterocycles. The van der Waals surface area contributed by atoms with E-state index in [9.17, 15) is 14.7 Å². The summed E-state index contributed by atoms with van der Waals surface area (Å²) in [6, 6.07) is 0. The van der Waals surface area contributed by atoms with E-state index in [0.29, 0.717) is 19.5 Å². The highest BCUT2D eigenvalue weighted by atomic mass is 16.4. The lowest BCUT2D eigenvalue weighted by molar-refractivity contribution is -0.146. The van der Waals surface area contributed by atoms with Gasteiger partial charge in [0.1, 0.15) is 0 Å². The van der Waals surface area contributed by atoms with Gasteiger partial charge in [-0.2, -0.15) is 0 Å². The Labute approximate surface area is 167 Å². The maximum Gasteiger partial charge on any atom is 0.307 e. The average Bonchev–Trinajstić information content (AvgIpc) is 2.65. The van der Waals surface area contributed by atoms with E-state index in [-0.39, 0.29) is 12.3 Å². The molecule has 0 aromatic rings. The number of rotatable bonds is 18. The largest absolute Gasteiger partial charge is 0.481 e. The molecule has 0 saturated heterocycles. The summed E-state index contributed by atoms with van der Waals surface area (Å²) < 4.78 is 0. The van der Waals surface area contributed by atoms with Gasteiger partial charge in [-0.1, -0.05) is 70.4 Å². The molecule has 0 spiro atoms. The minimum atomic E-state index is -0.830. The highest BCUT2D eigenvalue weighted by Crippen LogP contribution is 2.17. The molecule has 0 bridgehead atoms. The number of aliphatic carboxylic acids is 1. The average molecular weight is 382 g/mol. The fraction of sp³-hybridized carbons (Fsp3) is 0.826. The van der Waals surface area contributed by atoms with E-state index in [0.717, 1.165) is 12.8 Å². The molecule has 27 heavy (non-hydrogen) atoms. The number of amides is 1. The van der Waals surface area contributed by atoms with Gasteiger partial charge in [0.25, 0.3) is 0 Å². The van der Waals surface area contributed by atoms with Crippen molar-refractivity contribution in [2.24, 2.45) is 5.92 Å². The van der Waals surface area contributed by atoms with Crippen LogP contribution in [0, 0.1) is 5.92 Å². The van der Waals surface area contributed by atoms with Crippen LogP contribution in [-0.4, -0.2) is 35.0 Å². The van der Waals surface area contributed by atoms with E-state index in [2.05, 4.69) is 19.1 Å². The number of unbranched alkanes of at least 4 members (excludes halogenated alkanes) is 9. The number of carboxylic acids is 1. The first kappa shape index (κ1) is 25.7. The number of allylic oxidation sites excluding steroid dienone is 2. The van der Waals surface area contributed by atoms with Gasteiger partial charge in [-0.05, 0) is 39.5 Å². The predicted molar refractivity (Wildman–Crippen MR) is 114 cm³/mol. The fourth-order valence-electron chi connectivity index (χ4n) is 3.35. The van der Waals surface area contributed by atoms with Crippen LogP contribution in [0.2, 0.25) is 0 Å². The Balaban J connectivity index is 3.70. The minimum absolute atomic E-state index is 0.0306. The second-order valence-electron chi connectivity index (χ2n) is 7.47. The lowest BCUT2D eigenvalue weighted by Gasteiger charge is -2.21. The third kappa shape index (κ3) is 14.4. The molecule has 0 radical (unpaired) electrons. The van der Waals surface area contributed by atoms with E-state index in [4.69, 9.17) is 0 Å². The molecule has 1 unspecified atom stereocenters. The van der Waals surface area contributed by atoms with Gasteiger partial charge in [-0.15, -0.1) is 0 Å². The van der Waals surface area contributed by atoms with Crippen molar-refractivity contribution < 1.29 is 14.7 Å². The topological polar surface area (TPSA) is 57.6 Å². The van der Waals surface area contributed by atoms with Crippen molar-refractivity contribution in [3.05, 3.63) is 12.2 Å². The molecule has 0 heterocycles. The van der Waals surface area contributed by atoms with Gasteiger partial charge < -0.3 is 10.0 Å². The second-order valence-corrected chi connectivity index (χ2v) is 7.47. The van der Waals surface area contributed by atoms with Gasteiger partial charge in [-0.3, -0.25) is 9.59 Å². The van der Waals surface area contributed by atoms with E-state index in [1.54, 1.807) is 4.90 Å². The maximum atomic E-state index is 12.1. The van der Waals surface area contributed by atoms with Crippen LogP contribution in [0.3, 0.4) is 0 Å². The molecule has 4 nitrogen and oxygen atoms in total. The molecule has 0 aliphatic rings. The van der Waals surface area contributed by atoms with Crippen molar-refractivity contribution >= 4 is 11.9 Å². The quantitative estimate of drug-likeness (QED) is 0.227. The fourth-order valence-corrected chi connectivity index (χ4v) is 3.35. The Morgan fingerprint density at radius 2 is 1.33 bits per heavy atom. The summed E-state index contributed by atoms with van der Waals surface area (Å²) >= 11 is 0. The second kappa shape index (κ2) is 18.1. The van der Waals surface area contributed by atoms with Gasteiger partial charge in [0.2, 0.25) is 5.91 Å². The Bertz CT molecular complexity index is 402. The highest BCUT2D eigenvalue weighted by Gasteiger charge is 2.22. The van der Waals surface area contributed by atoms with Crippen molar-refractivity contribution in [3.8, 4) is 0 Å². The van der Waals surface area contributed by atoms with Crippen molar-refractivity contribution in [1.82, 2.24) is 4.90 Å². The summed E-state index contributed by atoms with van der Waals surface area (Å²) in [5, 5.41) is 9.37. The third-order valence-electron chi connectivity index (χ3n) is 5.18. The zero-order chi connectivity index (χ0) is 20.3. The van der Waals surface area contributed by atoms with Gasteiger partial charge in [-0.25, -0.2) is 0 Å². The molecule has 1 N–H and O–H groups in total. The summed E-state index contributed by atoms with van der Waals surface area (Å²) in [5.41, 5.74) is 0. The number of carboxylic acid groups (broad SMARTS) is 1. The van der Waals surface area contributed by atoms with Crippen LogP contribution in [0.1, 0.15) is 104 Å². The molecule has 0 aliphatic carbocycles. The maximum absolute atomic E-state index is 12.1. The molecule has 4 heteroatoms. The van der Waals surface area contributed by atoms with Crippen LogP contribution in [0.5, 0.6) is 0 Å². The minimum Gasteiger partial charge on any atom is -0.481 e. The highest BCUT2D eigenvalue weighted by molar-refractivity contribution is 5.82. The van der Waals surface area contributed by atoms with E-state index in [1.165, 1.54) is 57.8 Å². The number of hydrogen-bond donors (Lipinski definition) is 1. The summed E-state index contributed by atoms with van der Waals surface area (Å²) in [5.74, 6) is -1.39. The first-order chi connectivity index (χ1) is 13.1. The Morgan fingerprint density at radius 3 is 1.85 bits per heavy atom. The number of hydrogen-bond acceptors (Lipinski definition) is 2. The van der Waals surface area contributed by atoms with Gasteiger partial charge >= 0.3 is 5.97 Å². The molecule has 1 atom stereocenters. The molecule has 0 aromatic carbocycles. The standard InChI is InChI=1S/C23H43NO3/c1-4-7-8-9-10-11-12-13-14-15-16-17-18-19-21(23(26)27)20-22(25)24(5-2)6-3/h8-9,21H,4-7,10-20H2,1-3H3,(H,26,27)/b9-8+.